The molecule has 1 heterocycles. The highest BCUT2D eigenvalue weighted by Crippen LogP contribution is 2.37. The highest BCUT2D eigenvalue weighted by Gasteiger charge is 2.41. The molecule has 33 heavy (non-hydrogen) atoms. The van der Waals surface area contributed by atoms with Gasteiger partial charge in [-0.15, -0.1) is 0 Å². The van der Waals surface area contributed by atoms with Crippen LogP contribution in [0.4, 0.5) is 0 Å². The number of hydrogen-bond acceptors (Lipinski definition) is 4. The van der Waals surface area contributed by atoms with Gasteiger partial charge in [-0.25, -0.2) is 8.42 Å². The van der Waals surface area contributed by atoms with Gasteiger partial charge in [0, 0.05) is 0 Å². The molecule has 0 aliphatic carbocycles. The maximum atomic E-state index is 13.9. The maximum absolute atomic E-state index is 13.9. The minimum atomic E-state index is -3.66. The first-order valence-electron chi connectivity index (χ1n) is 13.1. The van der Waals surface area contributed by atoms with E-state index in [0.717, 1.165) is 62.2 Å². The van der Waals surface area contributed by atoms with Crippen LogP contribution in [0.3, 0.4) is 0 Å². The summed E-state index contributed by atoms with van der Waals surface area (Å²) in [4.78, 5) is 0.752. The van der Waals surface area contributed by atoms with Gasteiger partial charge in [0.1, 0.15) is 6.10 Å². The number of unbranched alkanes of at least 4 members (excludes halogenated alkanes) is 3. The Labute approximate surface area is 204 Å². The predicted octanol–water partition coefficient (Wildman–Crippen LogP) is 7.58. The van der Waals surface area contributed by atoms with Crippen molar-refractivity contribution in [3.63, 3.8) is 0 Å². The second kappa shape index (κ2) is 13.2. The zero-order valence-corrected chi connectivity index (χ0v) is 23.5. The van der Waals surface area contributed by atoms with Gasteiger partial charge in [0.2, 0.25) is 9.84 Å². The molecule has 188 valence electrons. The molecule has 1 saturated heterocycles. The lowest BCUT2D eigenvalue weighted by Gasteiger charge is -2.36. The third kappa shape index (κ3) is 8.05. The first kappa shape index (κ1) is 28.3. The molecule has 0 radical (unpaired) electrons. The molecule has 0 unspecified atom stereocenters. The van der Waals surface area contributed by atoms with E-state index in [9.17, 15) is 8.42 Å². The van der Waals surface area contributed by atoms with Crippen LogP contribution in [-0.4, -0.2) is 35.0 Å². The number of epoxide rings is 1. The second-order valence-corrected chi connectivity index (χ2v) is 15.8. The van der Waals surface area contributed by atoms with Crippen LogP contribution in [-0.2, 0) is 19.0 Å². The lowest BCUT2D eigenvalue weighted by Crippen LogP contribution is -2.43. The summed E-state index contributed by atoms with van der Waals surface area (Å²) in [5.41, 5.74) is 1.05. The molecule has 0 bridgehead atoms. The van der Waals surface area contributed by atoms with Crippen LogP contribution in [0.1, 0.15) is 85.1 Å². The highest BCUT2D eigenvalue weighted by atomic mass is 32.2. The summed E-state index contributed by atoms with van der Waals surface area (Å²) in [6.07, 6.45) is 8.90. The third-order valence-corrected chi connectivity index (χ3v) is 13.3. The summed E-state index contributed by atoms with van der Waals surface area (Å²) in [5, 5.41) is 0. The standard InChI is InChI=1S/C27H46O4SSi/c1-7-11-18-33(19-12-8-2,20-13-9-3)31-25(10-4)27(21-26-23(6)30-26)32(28,29)24-16-14-22(5)15-17-24/h14-17,21,23,25-26H,7-13,18-20H2,1-6H3/b27-21+/t23-,25+,26+/m1/s1. The van der Waals surface area contributed by atoms with E-state index in [-0.39, 0.29) is 12.2 Å². The number of sulfone groups is 1. The van der Waals surface area contributed by atoms with Crippen LogP contribution in [0, 0.1) is 6.92 Å². The molecule has 1 fully saturated rings. The average Bonchev–Trinajstić information content (AvgIpc) is 3.51. The van der Waals surface area contributed by atoms with Gasteiger partial charge >= 0.3 is 0 Å². The molecule has 0 spiro atoms. The van der Waals surface area contributed by atoms with E-state index >= 15 is 0 Å². The quantitative estimate of drug-likeness (QED) is 0.175. The van der Waals surface area contributed by atoms with E-state index in [4.69, 9.17) is 9.16 Å². The van der Waals surface area contributed by atoms with Crippen molar-refractivity contribution in [1.82, 2.24) is 0 Å². The third-order valence-electron chi connectivity index (χ3n) is 6.77. The van der Waals surface area contributed by atoms with Gasteiger partial charge in [-0.3, -0.25) is 0 Å². The lowest BCUT2D eigenvalue weighted by atomic mass is 10.2. The van der Waals surface area contributed by atoms with E-state index in [2.05, 4.69) is 27.7 Å². The Morgan fingerprint density at radius 2 is 1.48 bits per heavy atom. The first-order valence-corrected chi connectivity index (χ1v) is 17.1. The van der Waals surface area contributed by atoms with Crippen LogP contribution in [0.2, 0.25) is 18.1 Å². The SMILES string of the molecule is CCCC[Si](CCCC)(CCCC)O[C@@H](CC)/C(=C\[C@@H]1O[C@@H]1C)S(=O)(=O)c1ccc(C)cc1. The van der Waals surface area contributed by atoms with Crippen molar-refractivity contribution >= 4 is 18.2 Å². The van der Waals surface area contributed by atoms with Gasteiger partial charge in [0.15, 0.2) is 8.32 Å². The van der Waals surface area contributed by atoms with Crippen molar-refractivity contribution in [3.05, 3.63) is 40.8 Å². The molecule has 0 aromatic heterocycles. The zero-order chi connectivity index (χ0) is 24.5. The van der Waals surface area contributed by atoms with E-state index in [1.54, 1.807) is 12.1 Å². The summed E-state index contributed by atoms with van der Waals surface area (Å²) >= 11 is 0. The van der Waals surface area contributed by atoms with Crippen LogP contribution >= 0.6 is 0 Å². The topological polar surface area (TPSA) is 55.9 Å². The van der Waals surface area contributed by atoms with E-state index in [0.29, 0.717) is 16.2 Å². The zero-order valence-electron chi connectivity index (χ0n) is 21.7. The summed E-state index contributed by atoms with van der Waals surface area (Å²) < 4.78 is 40.4. The van der Waals surface area contributed by atoms with E-state index in [1.807, 2.05) is 32.1 Å². The minimum absolute atomic E-state index is 0.0630. The van der Waals surface area contributed by atoms with Crippen molar-refractivity contribution in [1.29, 1.82) is 0 Å². The molecule has 1 aromatic carbocycles. The van der Waals surface area contributed by atoms with Crippen molar-refractivity contribution < 1.29 is 17.6 Å². The van der Waals surface area contributed by atoms with Gasteiger partial charge in [-0.05, 0) is 56.6 Å². The number of hydrogen-bond donors (Lipinski definition) is 0. The highest BCUT2D eigenvalue weighted by molar-refractivity contribution is 7.95. The second-order valence-electron chi connectivity index (χ2n) is 9.70. The molecule has 0 amide bonds. The first-order chi connectivity index (χ1) is 15.7. The number of rotatable bonds is 16. The molecule has 0 N–H and O–H groups in total. The van der Waals surface area contributed by atoms with Crippen LogP contribution < -0.4 is 0 Å². The summed E-state index contributed by atoms with van der Waals surface area (Å²) in [5.74, 6) is 0. The Hall–Kier alpha value is -0.953. The normalized spacial score (nSPS) is 20.1. The van der Waals surface area contributed by atoms with Gasteiger partial charge < -0.3 is 9.16 Å². The summed E-state index contributed by atoms with van der Waals surface area (Å²) in [7, 11) is -5.75. The molecule has 1 aromatic rings. The van der Waals surface area contributed by atoms with Crippen LogP contribution in [0.5, 0.6) is 0 Å². The molecule has 4 nitrogen and oxygen atoms in total. The largest absolute Gasteiger partial charge is 0.409 e. The molecule has 6 heteroatoms. The number of benzene rings is 1. The smallest absolute Gasteiger partial charge is 0.205 e. The average molecular weight is 495 g/mol. The van der Waals surface area contributed by atoms with Crippen LogP contribution in [0.15, 0.2) is 40.1 Å². The molecule has 1 aliphatic rings. The fourth-order valence-corrected chi connectivity index (χ4v) is 11.2. The molecular weight excluding hydrogens is 448 g/mol. The van der Waals surface area contributed by atoms with Crippen molar-refractivity contribution in [2.24, 2.45) is 0 Å². The van der Waals surface area contributed by atoms with Crippen molar-refractivity contribution in [2.75, 3.05) is 0 Å². The van der Waals surface area contributed by atoms with Gasteiger partial charge in [0.05, 0.1) is 22.0 Å². The fourth-order valence-electron chi connectivity index (χ4n) is 4.46. The summed E-state index contributed by atoms with van der Waals surface area (Å²) in [6, 6.07) is 10.5. The molecular formula is C27H46O4SSi. The molecule has 0 saturated carbocycles. The Balaban J connectivity index is 2.47. The van der Waals surface area contributed by atoms with Crippen molar-refractivity contribution in [3.8, 4) is 0 Å². The monoisotopic (exact) mass is 494 g/mol. The van der Waals surface area contributed by atoms with Gasteiger partial charge in [-0.1, -0.05) is 83.9 Å². The van der Waals surface area contributed by atoms with Gasteiger partial charge in [0.25, 0.3) is 0 Å². The van der Waals surface area contributed by atoms with E-state index in [1.165, 1.54) is 0 Å². The fraction of sp³-hybridized carbons (Fsp3) is 0.704. The molecule has 2 rings (SSSR count). The maximum Gasteiger partial charge on any atom is 0.205 e. The Morgan fingerprint density at radius 3 is 1.88 bits per heavy atom. The Morgan fingerprint density at radius 1 is 1.00 bits per heavy atom. The van der Waals surface area contributed by atoms with Crippen LogP contribution in [0.25, 0.3) is 0 Å². The lowest BCUT2D eigenvalue weighted by molar-refractivity contribution is 0.219. The number of aryl methyl sites for hydroxylation is 1. The molecule has 3 atom stereocenters. The Kier molecular flexibility index (Phi) is 11.3. The minimum Gasteiger partial charge on any atom is -0.409 e. The number of ether oxygens (including phenoxy) is 1. The van der Waals surface area contributed by atoms with E-state index < -0.39 is 24.3 Å². The molecule has 1 aliphatic heterocycles. The Bertz CT molecular complexity index is 826. The predicted molar refractivity (Wildman–Crippen MR) is 141 cm³/mol. The summed E-state index contributed by atoms with van der Waals surface area (Å²) in [6.45, 7) is 12.7. The van der Waals surface area contributed by atoms with Crippen molar-refractivity contribution in [2.45, 2.75) is 128 Å². The van der Waals surface area contributed by atoms with Gasteiger partial charge in [-0.2, -0.15) is 0 Å².